The minimum absolute atomic E-state index is 0.192. The van der Waals surface area contributed by atoms with Crippen molar-refractivity contribution in [1.82, 2.24) is 9.97 Å². The first kappa shape index (κ1) is 15.4. The van der Waals surface area contributed by atoms with E-state index < -0.39 is 5.91 Å². The Labute approximate surface area is 130 Å². The van der Waals surface area contributed by atoms with E-state index in [9.17, 15) is 9.18 Å². The molecule has 1 aromatic heterocycles. The number of halogens is 2. The number of anilines is 2. The van der Waals surface area contributed by atoms with Crippen molar-refractivity contribution >= 4 is 33.3 Å². The van der Waals surface area contributed by atoms with Crippen LogP contribution in [0.2, 0.25) is 0 Å². The van der Waals surface area contributed by atoms with Gasteiger partial charge in [-0.05, 0) is 40.5 Å². The number of carbonyl (C=O) groups excluding carboxylic acids is 1. The highest BCUT2D eigenvalue weighted by atomic mass is 79.9. The lowest BCUT2D eigenvalue weighted by atomic mass is 10.3. The Balaban J connectivity index is 2.04. The van der Waals surface area contributed by atoms with Crippen LogP contribution < -0.4 is 10.6 Å². The Hall–Kier alpha value is -2.02. The molecule has 0 bridgehead atoms. The lowest BCUT2D eigenvalue weighted by molar-refractivity contribution is 0.102. The molecule has 110 valence electrons. The van der Waals surface area contributed by atoms with Crippen molar-refractivity contribution in [2.24, 2.45) is 0 Å². The number of rotatable bonds is 5. The summed E-state index contributed by atoms with van der Waals surface area (Å²) in [6.07, 6.45) is 3.88. The molecule has 1 aromatic carbocycles. The number of hydrogen-bond donors (Lipinski definition) is 2. The fourth-order valence-corrected chi connectivity index (χ4v) is 1.94. The van der Waals surface area contributed by atoms with Crippen LogP contribution in [0.3, 0.4) is 0 Å². The zero-order valence-corrected chi connectivity index (χ0v) is 12.9. The second-order valence-corrected chi connectivity index (χ2v) is 5.15. The van der Waals surface area contributed by atoms with Gasteiger partial charge in [0.2, 0.25) is 0 Å². The van der Waals surface area contributed by atoms with Crippen LogP contribution in [-0.4, -0.2) is 22.4 Å². The molecule has 7 heteroatoms. The summed E-state index contributed by atoms with van der Waals surface area (Å²) < 4.78 is 13.4. The third kappa shape index (κ3) is 4.22. The molecule has 21 heavy (non-hydrogen) atoms. The van der Waals surface area contributed by atoms with Crippen LogP contribution in [0, 0.1) is 5.82 Å². The van der Waals surface area contributed by atoms with E-state index in [1.807, 2.05) is 6.92 Å². The van der Waals surface area contributed by atoms with Crippen molar-refractivity contribution in [2.75, 3.05) is 17.2 Å². The van der Waals surface area contributed by atoms with Crippen molar-refractivity contribution in [2.45, 2.75) is 13.3 Å². The second kappa shape index (κ2) is 7.12. The Morgan fingerprint density at radius 2 is 2.14 bits per heavy atom. The molecule has 1 amide bonds. The predicted molar refractivity (Wildman–Crippen MR) is 82.9 cm³/mol. The fourth-order valence-electron chi connectivity index (χ4n) is 1.56. The maximum Gasteiger partial charge on any atom is 0.275 e. The van der Waals surface area contributed by atoms with Gasteiger partial charge in [0.15, 0.2) is 0 Å². The lowest BCUT2D eigenvalue weighted by Crippen LogP contribution is -2.14. The maximum absolute atomic E-state index is 13.1. The van der Waals surface area contributed by atoms with Gasteiger partial charge in [-0.25, -0.2) is 14.4 Å². The minimum Gasteiger partial charge on any atom is -0.369 e. The van der Waals surface area contributed by atoms with Crippen LogP contribution >= 0.6 is 15.9 Å². The quantitative estimate of drug-likeness (QED) is 0.864. The van der Waals surface area contributed by atoms with Gasteiger partial charge in [-0.1, -0.05) is 6.92 Å². The molecule has 2 rings (SSSR count). The molecule has 0 saturated carbocycles. The molecule has 5 nitrogen and oxygen atoms in total. The number of aromatic nitrogens is 2. The first-order valence-electron chi connectivity index (χ1n) is 6.42. The van der Waals surface area contributed by atoms with Crippen LogP contribution in [-0.2, 0) is 0 Å². The van der Waals surface area contributed by atoms with Gasteiger partial charge in [-0.15, -0.1) is 0 Å². The summed E-state index contributed by atoms with van der Waals surface area (Å²) in [6, 6.07) is 4.23. The molecule has 0 unspecified atom stereocenters. The van der Waals surface area contributed by atoms with E-state index in [0.29, 0.717) is 11.5 Å². The number of nitrogens with one attached hydrogen (secondary N) is 2. The molecule has 2 N–H and O–H groups in total. The highest BCUT2D eigenvalue weighted by Crippen LogP contribution is 2.20. The van der Waals surface area contributed by atoms with Gasteiger partial charge < -0.3 is 10.6 Å². The second-order valence-electron chi connectivity index (χ2n) is 4.30. The van der Waals surface area contributed by atoms with E-state index >= 15 is 0 Å². The van der Waals surface area contributed by atoms with E-state index in [2.05, 4.69) is 36.5 Å². The highest BCUT2D eigenvalue weighted by molar-refractivity contribution is 9.10. The summed E-state index contributed by atoms with van der Waals surface area (Å²) in [5.41, 5.74) is 0.667. The number of nitrogens with zero attached hydrogens (tertiary/aromatic N) is 2. The van der Waals surface area contributed by atoms with E-state index in [-0.39, 0.29) is 16.0 Å². The molecular weight excluding hydrogens is 339 g/mol. The predicted octanol–water partition coefficient (Wildman–Crippen LogP) is 3.45. The van der Waals surface area contributed by atoms with Gasteiger partial charge >= 0.3 is 0 Å². The lowest BCUT2D eigenvalue weighted by Gasteiger charge is -2.06. The minimum atomic E-state index is -0.400. The van der Waals surface area contributed by atoms with Crippen molar-refractivity contribution in [3.8, 4) is 0 Å². The first-order valence-corrected chi connectivity index (χ1v) is 7.21. The highest BCUT2D eigenvalue weighted by Gasteiger charge is 2.09. The summed E-state index contributed by atoms with van der Waals surface area (Å²) in [7, 11) is 0. The fraction of sp³-hybridized carbons (Fsp3) is 0.214. The van der Waals surface area contributed by atoms with Gasteiger partial charge in [0.05, 0.1) is 16.9 Å². The van der Waals surface area contributed by atoms with Crippen LogP contribution in [0.4, 0.5) is 15.9 Å². The summed E-state index contributed by atoms with van der Waals surface area (Å²) in [4.78, 5) is 20.1. The number of carbonyl (C=O) groups is 1. The van der Waals surface area contributed by atoms with Crippen molar-refractivity contribution in [3.05, 3.63) is 46.6 Å². The van der Waals surface area contributed by atoms with Crippen molar-refractivity contribution in [3.63, 3.8) is 0 Å². The Bertz CT molecular complexity index is 633. The average molecular weight is 353 g/mol. The van der Waals surface area contributed by atoms with Crippen LogP contribution in [0.5, 0.6) is 0 Å². The molecule has 0 spiro atoms. The number of benzene rings is 1. The van der Waals surface area contributed by atoms with Gasteiger partial charge in [-0.3, -0.25) is 4.79 Å². The largest absolute Gasteiger partial charge is 0.369 e. The average Bonchev–Trinajstić information content (AvgIpc) is 2.49. The topological polar surface area (TPSA) is 66.9 Å². The normalized spacial score (nSPS) is 10.2. The zero-order chi connectivity index (χ0) is 15.2. The molecule has 0 radical (unpaired) electrons. The zero-order valence-electron chi connectivity index (χ0n) is 11.4. The first-order chi connectivity index (χ1) is 10.1. The van der Waals surface area contributed by atoms with Crippen LogP contribution in [0.15, 0.2) is 35.1 Å². The maximum atomic E-state index is 13.1. The van der Waals surface area contributed by atoms with E-state index in [1.165, 1.54) is 30.6 Å². The van der Waals surface area contributed by atoms with Gasteiger partial charge in [0.1, 0.15) is 17.3 Å². The molecule has 0 saturated heterocycles. The van der Waals surface area contributed by atoms with Gasteiger partial charge in [0, 0.05) is 12.2 Å². The Morgan fingerprint density at radius 1 is 1.33 bits per heavy atom. The van der Waals surface area contributed by atoms with Gasteiger partial charge in [0.25, 0.3) is 5.91 Å². The number of amides is 1. The van der Waals surface area contributed by atoms with Crippen molar-refractivity contribution in [1.29, 1.82) is 0 Å². The molecule has 2 aromatic rings. The molecular formula is C14H14BrFN4O. The Kier molecular flexibility index (Phi) is 5.21. The number of hydrogen-bond acceptors (Lipinski definition) is 4. The summed E-state index contributed by atoms with van der Waals surface area (Å²) >= 11 is 3.06. The van der Waals surface area contributed by atoms with Gasteiger partial charge in [-0.2, -0.15) is 0 Å². The Morgan fingerprint density at radius 3 is 2.76 bits per heavy atom. The van der Waals surface area contributed by atoms with E-state index in [4.69, 9.17) is 0 Å². The SMILES string of the molecule is CCCNc1cnc(C(=O)Nc2ccc(F)c(Br)c2)cn1. The molecule has 0 aliphatic rings. The molecule has 0 atom stereocenters. The standard InChI is InChI=1S/C14H14BrFN4O/c1-2-5-17-13-8-18-12(7-19-13)14(21)20-9-3-4-11(16)10(15)6-9/h3-4,6-8H,2,5H2,1H3,(H,17,19)(H,20,21). The van der Waals surface area contributed by atoms with E-state index in [0.717, 1.165) is 13.0 Å². The molecule has 1 heterocycles. The molecule has 0 aliphatic heterocycles. The molecule has 0 aliphatic carbocycles. The summed E-state index contributed by atoms with van der Waals surface area (Å²) in [5, 5.41) is 5.70. The van der Waals surface area contributed by atoms with Crippen LogP contribution in [0.25, 0.3) is 0 Å². The van der Waals surface area contributed by atoms with Crippen molar-refractivity contribution < 1.29 is 9.18 Å². The third-order valence-electron chi connectivity index (χ3n) is 2.62. The van der Waals surface area contributed by atoms with E-state index in [1.54, 1.807) is 0 Å². The molecule has 0 fully saturated rings. The summed E-state index contributed by atoms with van der Waals surface area (Å²) in [6.45, 7) is 2.84. The van der Waals surface area contributed by atoms with Crippen LogP contribution in [0.1, 0.15) is 23.8 Å². The smallest absolute Gasteiger partial charge is 0.275 e. The summed E-state index contributed by atoms with van der Waals surface area (Å²) in [5.74, 6) is -0.167. The monoisotopic (exact) mass is 352 g/mol. The third-order valence-corrected chi connectivity index (χ3v) is 3.23.